The van der Waals surface area contributed by atoms with Crippen LogP contribution in [0.5, 0.6) is 5.75 Å². The van der Waals surface area contributed by atoms with Crippen LogP contribution in [-0.2, 0) is 28.7 Å². The number of aryl methyl sites for hydroxylation is 1. The van der Waals surface area contributed by atoms with Crippen LogP contribution < -0.4 is 10.1 Å². The molecule has 0 aliphatic heterocycles. The highest BCUT2D eigenvalue weighted by Crippen LogP contribution is 2.30. The van der Waals surface area contributed by atoms with Crippen LogP contribution in [0, 0.1) is 5.82 Å². The maximum absolute atomic E-state index is 13.3. The summed E-state index contributed by atoms with van der Waals surface area (Å²) in [6.45, 7) is -0.660. The number of carboxylic acids is 1. The zero-order chi connectivity index (χ0) is 20.7. The Bertz CT molecular complexity index is 835. The van der Waals surface area contributed by atoms with Crippen molar-refractivity contribution in [1.29, 1.82) is 0 Å². The van der Waals surface area contributed by atoms with Crippen LogP contribution in [-0.4, -0.2) is 23.6 Å². The number of nitrogens with one attached hydrogen (secondary N) is 1. The molecule has 0 aliphatic rings. The van der Waals surface area contributed by atoms with Gasteiger partial charge < -0.3 is 15.2 Å². The number of aliphatic carboxylic acids is 1. The molecule has 0 fully saturated rings. The first kappa shape index (κ1) is 21.2. The van der Waals surface area contributed by atoms with Crippen molar-refractivity contribution in [2.24, 2.45) is 0 Å². The SMILES string of the molecule is O=C(O)CCc1ccc(OCC(=O)NCc2cc(F)cc(C(F)(F)F)c2)cc1. The molecule has 2 N–H and O–H groups in total. The quantitative estimate of drug-likeness (QED) is 0.666. The van der Waals surface area contributed by atoms with Gasteiger partial charge in [-0.05, 0) is 47.9 Å². The monoisotopic (exact) mass is 399 g/mol. The summed E-state index contributed by atoms with van der Waals surface area (Å²) in [5.41, 5.74) is -0.356. The molecule has 150 valence electrons. The molecule has 0 aliphatic carbocycles. The zero-order valence-corrected chi connectivity index (χ0v) is 14.6. The molecule has 5 nitrogen and oxygen atoms in total. The molecular formula is C19H17F4NO4. The Morgan fingerprint density at radius 1 is 1.04 bits per heavy atom. The molecule has 0 radical (unpaired) electrons. The molecule has 1 amide bonds. The van der Waals surface area contributed by atoms with E-state index in [-0.39, 0.29) is 25.1 Å². The van der Waals surface area contributed by atoms with Gasteiger partial charge in [0.1, 0.15) is 11.6 Å². The van der Waals surface area contributed by atoms with E-state index in [4.69, 9.17) is 9.84 Å². The minimum atomic E-state index is -4.68. The number of rotatable bonds is 8. The molecule has 0 saturated heterocycles. The topological polar surface area (TPSA) is 75.6 Å². The van der Waals surface area contributed by atoms with E-state index in [0.29, 0.717) is 18.2 Å². The number of carboxylic acid groups (broad SMARTS) is 1. The van der Waals surface area contributed by atoms with Crippen molar-refractivity contribution in [1.82, 2.24) is 5.32 Å². The molecule has 0 saturated carbocycles. The third kappa shape index (κ3) is 6.90. The highest BCUT2D eigenvalue weighted by molar-refractivity contribution is 5.77. The van der Waals surface area contributed by atoms with Crippen LogP contribution in [0.25, 0.3) is 0 Å². The van der Waals surface area contributed by atoms with Gasteiger partial charge in [0.05, 0.1) is 5.56 Å². The number of amides is 1. The van der Waals surface area contributed by atoms with Crippen LogP contribution >= 0.6 is 0 Å². The van der Waals surface area contributed by atoms with Crippen molar-refractivity contribution >= 4 is 11.9 Å². The van der Waals surface area contributed by atoms with Crippen molar-refractivity contribution in [3.63, 3.8) is 0 Å². The van der Waals surface area contributed by atoms with Gasteiger partial charge in [-0.3, -0.25) is 9.59 Å². The molecule has 0 spiro atoms. The fraction of sp³-hybridized carbons (Fsp3) is 0.263. The van der Waals surface area contributed by atoms with E-state index in [1.807, 2.05) is 0 Å². The number of benzene rings is 2. The van der Waals surface area contributed by atoms with Gasteiger partial charge in [0.25, 0.3) is 5.91 Å². The summed E-state index contributed by atoms with van der Waals surface area (Å²) in [7, 11) is 0. The minimum Gasteiger partial charge on any atom is -0.484 e. The van der Waals surface area contributed by atoms with Gasteiger partial charge in [0, 0.05) is 13.0 Å². The van der Waals surface area contributed by atoms with Crippen LogP contribution in [0.1, 0.15) is 23.1 Å². The Morgan fingerprint density at radius 2 is 1.71 bits per heavy atom. The van der Waals surface area contributed by atoms with E-state index in [1.165, 1.54) is 0 Å². The van der Waals surface area contributed by atoms with Crippen LogP contribution in [0.15, 0.2) is 42.5 Å². The molecule has 0 aromatic heterocycles. The molecule has 0 unspecified atom stereocenters. The minimum absolute atomic E-state index is 0.00125. The lowest BCUT2D eigenvalue weighted by atomic mass is 10.1. The zero-order valence-electron chi connectivity index (χ0n) is 14.6. The molecule has 0 heterocycles. The Labute approximate surface area is 157 Å². The molecule has 0 bridgehead atoms. The van der Waals surface area contributed by atoms with Crippen molar-refractivity contribution < 1.29 is 37.0 Å². The first-order valence-corrected chi connectivity index (χ1v) is 8.20. The van der Waals surface area contributed by atoms with Crippen molar-refractivity contribution in [2.45, 2.75) is 25.6 Å². The van der Waals surface area contributed by atoms with Gasteiger partial charge in [-0.15, -0.1) is 0 Å². The fourth-order valence-electron chi connectivity index (χ4n) is 2.32. The third-order valence-corrected chi connectivity index (χ3v) is 3.70. The number of carbonyl (C=O) groups is 2. The molecule has 9 heteroatoms. The van der Waals surface area contributed by atoms with Gasteiger partial charge in [-0.25, -0.2) is 4.39 Å². The van der Waals surface area contributed by atoms with E-state index < -0.39 is 29.4 Å². The maximum Gasteiger partial charge on any atom is 0.416 e. The van der Waals surface area contributed by atoms with E-state index in [2.05, 4.69) is 5.32 Å². The average Bonchev–Trinajstić information content (AvgIpc) is 2.62. The van der Waals surface area contributed by atoms with Gasteiger partial charge in [0.2, 0.25) is 0 Å². The predicted molar refractivity (Wildman–Crippen MR) is 91.1 cm³/mol. The second-order valence-electron chi connectivity index (χ2n) is 5.95. The van der Waals surface area contributed by atoms with Gasteiger partial charge in [0.15, 0.2) is 6.61 Å². The molecule has 0 atom stereocenters. The summed E-state index contributed by atoms with van der Waals surface area (Å²) in [5.74, 6) is -2.16. The summed E-state index contributed by atoms with van der Waals surface area (Å²) < 4.78 is 56.6. The van der Waals surface area contributed by atoms with Crippen molar-refractivity contribution in [2.75, 3.05) is 6.61 Å². The summed E-state index contributed by atoms with van der Waals surface area (Å²) in [6, 6.07) is 8.54. The summed E-state index contributed by atoms with van der Waals surface area (Å²) in [4.78, 5) is 22.3. The highest BCUT2D eigenvalue weighted by Gasteiger charge is 2.31. The lowest BCUT2D eigenvalue weighted by molar-refractivity contribution is -0.138. The normalized spacial score (nSPS) is 11.1. The van der Waals surface area contributed by atoms with Crippen molar-refractivity contribution in [3.05, 3.63) is 65.0 Å². The predicted octanol–water partition coefficient (Wildman–Crippen LogP) is 3.56. The van der Waals surface area contributed by atoms with Gasteiger partial charge in [-0.2, -0.15) is 13.2 Å². The van der Waals surface area contributed by atoms with E-state index in [9.17, 15) is 27.2 Å². The average molecular weight is 399 g/mol. The summed E-state index contributed by atoms with van der Waals surface area (Å²) in [5, 5.41) is 11.0. The molecular weight excluding hydrogens is 382 g/mol. The molecule has 2 rings (SSSR count). The van der Waals surface area contributed by atoms with E-state index in [1.54, 1.807) is 24.3 Å². The Balaban J connectivity index is 1.83. The molecule has 2 aromatic rings. The van der Waals surface area contributed by atoms with Crippen LogP contribution in [0.3, 0.4) is 0 Å². The smallest absolute Gasteiger partial charge is 0.416 e. The van der Waals surface area contributed by atoms with Crippen LogP contribution in [0.2, 0.25) is 0 Å². The summed E-state index contributed by atoms with van der Waals surface area (Å²) in [6.07, 6.45) is -4.32. The number of carbonyl (C=O) groups excluding carboxylic acids is 1. The number of halogens is 4. The van der Waals surface area contributed by atoms with Gasteiger partial charge >= 0.3 is 12.1 Å². The first-order valence-electron chi connectivity index (χ1n) is 8.20. The second-order valence-corrected chi connectivity index (χ2v) is 5.95. The van der Waals surface area contributed by atoms with E-state index >= 15 is 0 Å². The number of ether oxygens (including phenoxy) is 1. The van der Waals surface area contributed by atoms with Gasteiger partial charge in [-0.1, -0.05) is 12.1 Å². The number of hydrogen-bond donors (Lipinski definition) is 2. The largest absolute Gasteiger partial charge is 0.484 e. The standard InChI is InChI=1S/C19H17F4NO4/c20-15-8-13(7-14(9-15)19(21,22)23)10-24-17(25)11-28-16-4-1-12(2-5-16)3-6-18(26)27/h1-2,4-5,7-9H,3,6,10-11H2,(H,24,25)(H,26,27). The lowest BCUT2D eigenvalue weighted by Crippen LogP contribution is -2.28. The summed E-state index contributed by atoms with van der Waals surface area (Å²) >= 11 is 0. The van der Waals surface area contributed by atoms with Crippen LogP contribution in [0.4, 0.5) is 17.6 Å². The number of hydrogen-bond acceptors (Lipinski definition) is 3. The highest BCUT2D eigenvalue weighted by atomic mass is 19.4. The Morgan fingerprint density at radius 3 is 2.32 bits per heavy atom. The second kappa shape index (κ2) is 9.20. The third-order valence-electron chi connectivity index (χ3n) is 3.70. The van der Waals surface area contributed by atoms with E-state index in [0.717, 1.165) is 17.7 Å². The fourth-order valence-corrected chi connectivity index (χ4v) is 2.32. The Kier molecular flexibility index (Phi) is 6.97. The lowest BCUT2D eigenvalue weighted by Gasteiger charge is -2.11. The maximum atomic E-state index is 13.3. The molecule has 2 aromatic carbocycles. The first-order chi connectivity index (χ1) is 13.1. The van der Waals surface area contributed by atoms with Crippen molar-refractivity contribution in [3.8, 4) is 5.75 Å². The number of alkyl halides is 3. The molecule has 28 heavy (non-hydrogen) atoms. The Hall–Kier alpha value is -3.10.